The Morgan fingerprint density at radius 2 is 2.11 bits per heavy atom. The van der Waals surface area contributed by atoms with Crippen molar-refractivity contribution in [3.05, 3.63) is 47.1 Å². The van der Waals surface area contributed by atoms with E-state index in [1.54, 1.807) is 6.92 Å². The van der Waals surface area contributed by atoms with Crippen LogP contribution in [-0.4, -0.2) is 22.1 Å². The van der Waals surface area contributed by atoms with E-state index in [1.807, 2.05) is 0 Å². The highest BCUT2D eigenvalue weighted by Gasteiger charge is 2.15. The van der Waals surface area contributed by atoms with Crippen molar-refractivity contribution < 1.29 is 23.6 Å². The largest absolute Gasteiger partial charge is 0.478 e. The molecule has 2 aromatic rings. The molecule has 0 atom stereocenters. The normalized spacial score (nSPS) is 10.2. The first kappa shape index (κ1) is 12.7. The highest BCUT2D eigenvalue weighted by Crippen LogP contribution is 2.17. The van der Waals surface area contributed by atoms with Crippen LogP contribution in [0.2, 0.25) is 0 Å². The zero-order valence-electron chi connectivity index (χ0n) is 9.81. The van der Waals surface area contributed by atoms with E-state index in [-0.39, 0.29) is 17.0 Å². The molecule has 2 rings (SSSR count). The Morgan fingerprint density at radius 3 is 2.68 bits per heavy atom. The van der Waals surface area contributed by atoms with Crippen molar-refractivity contribution in [2.45, 2.75) is 6.92 Å². The van der Waals surface area contributed by atoms with Gasteiger partial charge in [-0.2, -0.15) is 0 Å². The predicted molar refractivity (Wildman–Crippen MR) is 62.6 cm³/mol. The zero-order valence-corrected chi connectivity index (χ0v) is 9.81. The Hall–Kier alpha value is -2.70. The Labute approximate surface area is 106 Å². The number of benzene rings is 1. The van der Waals surface area contributed by atoms with Crippen LogP contribution in [0.3, 0.4) is 0 Å². The number of amides is 1. The number of carbonyl (C=O) groups excluding carboxylic acids is 1. The first-order valence-corrected chi connectivity index (χ1v) is 5.25. The Morgan fingerprint density at radius 1 is 1.37 bits per heavy atom. The molecule has 0 saturated carbocycles. The monoisotopic (exact) mass is 264 g/mol. The maximum absolute atomic E-state index is 13.5. The third-order valence-corrected chi connectivity index (χ3v) is 2.31. The molecule has 1 amide bonds. The molecule has 0 radical (unpaired) electrons. The lowest BCUT2D eigenvalue weighted by Crippen LogP contribution is -2.13. The van der Waals surface area contributed by atoms with Gasteiger partial charge >= 0.3 is 5.97 Å². The lowest BCUT2D eigenvalue weighted by atomic mass is 10.2. The fourth-order valence-electron chi connectivity index (χ4n) is 1.41. The average Bonchev–Trinajstić information content (AvgIpc) is 2.78. The molecule has 98 valence electrons. The Bertz CT molecular complexity index is 651. The summed E-state index contributed by atoms with van der Waals surface area (Å²) < 4.78 is 18.2. The van der Waals surface area contributed by atoms with Gasteiger partial charge in [-0.1, -0.05) is 5.16 Å². The van der Waals surface area contributed by atoms with Gasteiger partial charge in [-0.25, -0.2) is 9.18 Å². The summed E-state index contributed by atoms with van der Waals surface area (Å²) in [6.07, 6.45) is 0. The first-order chi connectivity index (χ1) is 8.97. The summed E-state index contributed by atoms with van der Waals surface area (Å²) >= 11 is 0. The Kier molecular flexibility index (Phi) is 3.28. The van der Waals surface area contributed by atoms with Crippen molar-refractivity contribution in [1.29, 1.82) is 0 Å². The molecule has 0 spiro atoms. The van der Waals surface area contributed by atoms with Crippen LogP contribution in [0.1, 0.15) is 26.6 Å². The molecule has 0 saturated heterocycles. The molecular formula is C12H9FN2O4. The van der Waals surface area contributed by atoms with Gasteiger partial charge in [0, 0.05) is 6.07 Å². The smallest absolute Gasteiger partial charge is 0.335 e. The fraction of sp³-hybridized carbons (Fsp3) is 0.0833. The number of aromatic carboxylic acids is 1. The maximum atomic E-state index is 13.5. The highest BCUT2D eigenvalue weighted by molar-refractivity contribution is 6.03. The number of carboxylic acids is 1. The maximum Gasteiger partial charge on any atom is 0.335 e. The van der Waals surface area contributed by atoms with Gasteiger partial charge in [-0.05, 0) is 25.1 Å². The number of hydrogen-bond acceptors (Lipinski definition) is 4. The number of nitrogens with one attached hydrogen (secondary N) is 1. The second kappa shape index (κ2) is 4.89. The number of nitrogens with zero attached hydrogens (tertiary/aromatic N) is 1. The number of halogens is 1. The third-order valence-electron chi connectivity index (χ3n) is 2.31. The predicted octanol–water partition coefficient (Wildman–Crippen LogP) is 2.07. The van der Waals surface area contributed by atoms with E-state index >= 15 is 0 Å². The number of rotatable bonds is 3. The Balaban J connectivity index is 2.25. The molecule has 0 bridgehead atoms. The van der Waals surface area contributed by atoms with Crippen molar-refractivity contribution >= 4 is 17.6 Å². The van der Waals surface area contributed by atoms with Gasteiger partial charge in [-0.15, -0.1) is 0 Å². The van der Waals surface area contributed by atoms with Crippen LogP contribution in [-0.2, 0) is 0 Å². The summed E-state index contributed by atoms with van der Waals surface area (Å²) in [6, 6.07) is 4.48. The molecule has 0 aliphatic rings. The van der Waals surface area contributed by atoms with Gasteiger partial charge in [0.25, 0.3) is 5.91 Å². The summed E-state index contributed by atoms with van der Waals surface area (Å²) in [4.78, 5) is 22.5. The summed E-state index contributed by atoms with van der Waals surface area (Å²) in [5.74, 6) is -2.75. The van der Waals surface area contributed by atoms with Crippen molar-refractivity contribution in [3.8, 4) is 0 Å². The molecule has 1 heterocycles. The lowest BCUT2D eigenvalue weighted by molar-refractivity contribution is 0.0696. The van der Waals surface area contributed by atoms with E-state index in [0.717, 1.165) is 18.2 Å². The first-order valence-electron chi connectivity index (χ1n) is 5.25. The molecule has 0 unspecified atom stereocenters. The van der Waals surface area contributed by atoms with Crippen molar-refractivity contribution in [1.82, 2.24) is 5.16 Å². The molecule has 0 aliphatic carbocycles. The van der Waals surface area contributed by atoms with Crippen molar-refractivity contribution in [2.24, 2.45) is 0 Å². The van der Waals surface area contributed by atoms with Crippen LogP contribution in [0, 0.1) is 12.7 Å². The fourth-order valence-corrected chi connectivity index (χ4v) is 1.41. The number of hydrogen-bond donors (Lipinski definition) is 2. The number of carbonyl (C=O) groups is 2. The molecule has 1 aromatic carbocycles. The SMILES string of the molecule is Cc1cc(C(=O)Nc2cc(C(=O)O)ccc2F)on1. The van der Waals surface area contributed by atoms with E-state index in [4.69, 9.17) is 9.63 Å². The standard InChI is InChI=1S/C12H9FN2O4/c1-6-4-10(19-15-6)11(16)14-9-5-7(12(17)18)2-3-8(9)13/h2-5H,1H3,(H,14,16)(H,17,18). The van der Waals surface area contributed by atoms with Crippen LogP contribution in [0.25, 0.3) is 0 Å². The van der Waals surface area contributed by atoms with Gasteiger partial charge in [0.05, 0.1) is 16.9 Å². The minimum Gasteiger partial charge on any atom is -0.478 e. The summed E-state index contributed by atoms with van der Waals surface area (Å²) in [5.41, 5.74) is 0.134. The van der Waals surface area contributed by atoms with Crippen LogP contribution in [0.4, 0.5) is 10.1 Å². The van der Waals surface area contributed by atoms with Crippen LogP contribution in [0.5, 0.6) is 0 Å². The number of aromatic nitrogens is 1. The van der Waals surface area contributed by atoms with Crippen LogP contribution in [0.15, 0.2) is 28.8 Å². The molecule has 6 nitrogen and oxygen atoms in total. The van der Waals surface area contributed by atoms with Crippen molar-refractivity contribution in [3.63, 3.8) is 0 Å². The van der Waals surface area contributed by atoms with E-state index in [2.05, 4.69) is 10.5 Å². The minimum absolute atomic E-state index is 0.0855. The lowest BCUT2D eigenvalue weighted by Gasteiger charge is -2.05. The molecule has 7 heteroatoms. The van der Waals surface area contributed by atoms with Gasteiger partial charge in [-0.3, -0.25) is 4.79 Å². The topological polar surface area (TPSA) is 92.4 Å². The number of anilines is 1. The van der Waals surface area contributed by atoms with Gasteiger partial charge in [0.15, 0.2) is 0 Å². The van der Waals surface area contributed by atoms with Crippen LogP contribution < -0.4 is 5.32 Å². The van der Waals surface area contributed by atoms with Gasteiger partial charge < -0.3 is 14.9 Å². The third kappa shape index (κ3) is 2.76. The second-order valence-corrected chi connectivity index (χ2v) is 3.79. The molecular weight excluding hydrogens is 255 g/mol. The molecule has 1 aromatic heterocycles. The number of carboxylic acid groups (broad SMARTS) is 1. The van der Waals surface area contributed by atoms with Gasteiger partial charge in [0.2, 0.25) is 5.76 Å². The second-order valence-electron chi connectivity index (χ2n) is 3.79. The van der Waals surface area contributed by atoms with Crippen LogP contribution >= 0.6 is 0 Å². The van der Waals surface area contributed by atoms with E-state index in [0.29, 0.717) is 5.69 Å². The van der Waals surface area contributed by atoms with E-state index in [9.17, 15) is 14.0 Å². The molecule has 19 heavy (non-hydrogen) atoms. The van der Waals surface area contributed by atoms with E-state index < -0.39 is 17.7 Å². The molecule has 0 fully saturated rings. The van der Waals surface area contributed by atoms with Gasteiger partial charge in [0.1, 0.15) is 5.82 Å². The quantitative estimate of drug-likeness (QED) is 0.885. The minimum atomic E-state index is -1.22. The van der Waals surface area contributed by atoms with E-state index in [1.165, 1.54) is 6.07 Å². The molecule has 2 N–H and O–H groups in total. The zero-order chi connectivity index (χ0) is 14.0. The van der Waals surface area contributed by atoms with Crippen molar-refractivity contribution in [2.75, 3.05) is 5.32 Å². The molecule has 0 aliphatic heterocycles. The summed E-state index contributed by atoms with van der Waals surface area (Å²) in [6.45, 7) is 1.63. The summed E-state index contributed by atoms with van der Waals surface area (Å²) in [5, 5.41) is 14.5. The highest BCUT2D eigenvalue weighted by atomic mass is 19.1. The average molecular weight is 264 g/mol. The number of aryl methyl sites for hydroxylation is 1. The summed E-state index contributed by atoms with van der Waals surface area (Å²) in [7, 11) is 0.